The van der Waals surface area contributed by atoms with E-state index in [2.05, 4.69) is 15.1 Å². The largest absolute Gasteiger partial charge is 0.507 e. The van der Waals surface area contributed by atoms with E-state index in [1.165, 1.54) is 23.6 Å². The van der Waals surface area contributed by atoms with Crippen LogP contribution in [0.1, 0.15) is 45.4 Å². The number of aromatic hydroxyl groups is 2. The predicted octanol–water partition coefficient (Wildman–Crippen LogP) is 4.30. The Morgan fingerprint density at radius 1 is 0.957 bits per heavy atom. The molecule has 1 aliphatic carbocycles. The van der Waals surface area contributed by atoms with Crippen molar-refractivity contribution in [2.75, 3.05) is 0 Å². The fourth-order valence-electron chi connectivity index (χ4n) is 6.58. The van der Waals surface area contributed by atoms with Crippen LogP contribution in [0.3, 0.4) is 0 Å². The van der Waals surface area contributed by atoms with Crippen LogP contribution in [-0.2, 0) is 12.0 Å². The summed E-state index contributed by atoms with van der Waals surface area (Å²) < 4.78 is 9.41. The third kappa shape index (κ3) is 3.87. The van der Waals surface area contributed by atoms with Crippen molar-refractivity contribution >= 4 is 22.9 Å². The number of Topliss-reactive ketones (excluding diaryl/α,β-unsaturated/α-hetero) is 1. The molecule has 12 heteroatoms. The molecule has 2 aliphatic rings. The second-order valence-corrected chi connectivity index (χ2v) is 11.8. The van der Waals surface area contributed by atoms with Crippen molar-refractivity contribution in [1.82, 2.24) is 29.3 Å². The van der Waals surface area contributed by atoms with Crippen molar-refractivity contribution in [2.45, 2.75) is 32.7 Å². The van der Waals surface area contributed by atoms with Gasteiger partial charge >= 0.3 is 5.69 Å². The van der Waals surface area contributed by atoms with Crippen LogP contribution in [0.5, 0.6) is 17.2 Å². The first-order chi connectivity index (χ1) is 22.6. The number of aromatic amines is 1. The molecule has 4 aromatic heterocycles. The lowest BCUT2D eigenvalue weighted by atomic mass is 9.71. The van der Waals surface area contributed by atoms with Gasteiger partial charge in [-0.05, 0) is 56.7 Å². The number of fused-ring (bicyclic) bond motifs is 5. The van der Waals surface area contributed by atoms with E-state index < -0.39 is 16.7 Å². The molecule has 0 fully saturated rings. The zero-order valence-electron chi connectivity index (χ0n) is 25.4. The van der Waals surface area contributed by atoms with Crippen molar-refractivity contribution in [3.8, 4) is 34.2 Å². The van der Waals surface area contributed by atoms with Crippen molar-refractivity contribution in [3.63, 3.8) is 0 Å². The first-order valence-corrected chi connectivity index (χ1v) is 14.8. The van der Waals surface area contributed by atoms with Gasteiger partial charge in [0.1, 0.15) is 28.4 Å². The van der Waals surface area contributed by atoms with Crippen molar-refractivity contribution in [2.24, 2.45) is 0 Å². The Hall–Kier alpha value is -6.30. The predicted molar refractivity (Wildman–Crippen MR) is 172 cm³/mol. The van der Waals surface area contributed by atoms with E-state index in [4.69, 9.17) is 9.72 Å². The van der Waals surface area contributed by atoms with Gasteiger partial charge in [-0.25, -0.2) is 14.5 Å². The molecule has 5 heterocycles. The Bertz CT molecular complexity index is 2480. The Morgan fingerprint density at radius 2 is 1.74 bits per heavy atom. The minimum atomic E-state index is -1.45. The van der Waals surface area contributed by atoms with Gasteiger partial charge in [0, 0.05) is 24.0 Å². The molecule has 1 aliphatic heterocycles. The Balaban J connectivity index is 1.35. The minimum absolute atomic E-state index is 0.0487. The second kappa shape index (κ2) is 9.85. The molecular weight excluding hydrogens is 600 g/mol. The number of ketones is 1. The van der Waals surface area contributed by atoms with Gasteiger partial charge in [0.25, 0.3) is 5.56 Å². The number of benzene rings is 2. The van der Waals surface area contributed by atoms with Gasteiger partial charge in [-0.1, -0.05) is 24.3 Å². The highest BCUT2D eigenvalue weighted by atomic mass is 16.5. The summed E-state index contributed by atoms with van der Waals surface area (Å²) in [5, 5.41) is 27.8. The summed E-state index contributed by atoms with van der Waals surface area (Å²) in [5.41, 5.74) is 0.791. The number of carbonyl (C=O) groups is 1. The monoisotopic (exact) mass is 626 g/mol. The summed E-state index contributed by atoms with van der Waals surface area (Å²) in [4.78, 5) is 51.5. The number of aromatic nitrogens is 6. The highest BCUT2D eigenvalue weighted by Crippen LogP contribution is 2.60. The summed E-state index contributed by atoms with van der Waals surface area (Å²) in [6, 6.07) is 15.9. The van der Waals surface area contributed by atoms with Crippen LogP contribution in [0, 0.1) is 13.8 Å². The summed E-state index contributed by atoms with van der Waals surface area (Å²) in [7, 11) is 0. The molecule has 0 unspecified atom stereocenters. The van der Waals surface area contributed by atoms with Crippen molar-refractivity contribution in [1.29, 1.82) is 0 Å². The maximum atomic E-state index is 14.5. The van der Waals surface area contributed by atoms with Crippen LogP contribution in [0.15, 0.2) is 82.3 Å². The van der Waals surface area contributed by atoms with E-state index in [1.807, 2.05) is 30.3 Å². The number of hydrogen-bond acceptors (Lipinski definition) is 9. The number of phenols is 2. The third-order valence-corrected chi connectivity index (χ3v) is 9.05. The fourth-order valence-corrected chi connectivity index (χ4v) is 6.58. The molecule has 47 heavy (non-hydrogen) atoms. The average Bonchev–Trinajstić information content (AvgIpc) is 3.56. The molecule has 0 bridgehead atoms. The molecule has 0 spiro atoms. The summed E-state index contributed by atoms with van der Waals surface area (Å²) in [6.45, 7) is 5.03. The zero-order chi connectivity index (χ0) is 32.8. The average molecular weight is 627 g/mol. The molecule has 3 N–H and O–H groups in total. The molecule has 6 aromatic rings. The number of pyridine rings is 2. The molecule has 2 aromatic carbocycles. The topological polar surface area (TPSA) is 165 Å². The SMILES string of the molecule is Cc1nn(-c2ccccc2)c2c1C(=O)[C@@]1(C)C(=C2)Oc2c(-c3ccc4c(=O)[nH]c(=O)n(Cc5cccnc5)c4n3)c(O)c(C)c(O)c21. The van der Waals surface area contributed by atoms with Crippen LogP contribution in [0.25, 0.3) is 34.1 Å². The lowest BCUT2D eigenvalue weighted by Gasteiger charge is -2.27. The first kappa shape index (κ1) is 28.2. The van der Waals surface area contributed by atoms with E-state index in [0.29, 0.717) is 22.5 Å². The van der Waals surface area contributed by atoms with Gasteiger partial charge in [0.2, 0.25) is 0 Å². The molecule has 0 radical (unpaired) electrons. The maximum absolute atomic E-state index is 14.5. The third-order valence-electron chi connectivity index (χ3n) is 9.05. The van der Waals surface area contributed by atoms with Gasteiger partial charge in [0.05, 0.1) is 51.4 Å². The number of carbonyl (C=O) groups excluding carboxylic acids is 1. The molecule has 1 atom stereocenters. The van der Waals surface area contributed by atoms with Crippen LogP contribution in [0.2, 0.25) is 0 Å². The van der Waals surface area contributed by atoms with E-state index >= 15 is 0 Å². The number of aryl methyl sites for hydroxylation is 1. The first-order valence-electron chi connectivity index (χ1n) is 14.8. The molecule has 0 saturated heterocycles. The molecule has 8 rings (SSSR count). The number of nitrogens with zero attached hydrogens (tertiary/aromatic N) is 5. The standard InChI is InChI=1S/C35H26N6O6/c1-17-28(42)26(22-12-11-21-32(37-22)40(34(46)38-33(21)45)16-19-8-7-13-36-15-19)30-27(29(17)43)35(3)24(47-30)14-23-25(31(35)44)18(2)39-41(23)20-9-5-4-6-10-20/h4-15,42-43H,16H2,1-3H3,(H,38,45,46)/t35-/m0/s1. The summed E-state index contributed by atoms with van der Waals surface area (Å²) in [5.74, 6) is -0.638. The minimum Gasteiger partial charge on any atom is -0.507 e. The van der Waals surface area contributed by atoms with E-state index in [9.17, 15) is 24.6 Å². The second-order valence-electron chi connectivity index (χ2n) is 11.8. The number of hydrogen-bond donors (Lipinski definition) is 3. The fraction of sp³-hybridized carbons (Fsp3) is 0.143. The quantitative estimate of drug-likeness (QED) is 0.259. The van der Waals surface area contributed by atoms with Gasteiger partial charge in [-0.15, -0.1) is 0 Å². The Kier molecular flexibility index (Phi) is 5.91. The van der Waals surface area contributed by atoms with Gasteiger partial charge < -0.3 is 14.9 Å². The number of rotatable bonds is 4. The number of ether oxygens (including phenoxy) is 1. The van der Waals surface area contributed by atoms with Crippen LogP contribution >= 0.6 is 0 Å². The summed E-state index contributed by atoms with van der Waals surface area (Å²) >= 11 is 0. The van der Waals surface area contributed by atoms with Gasteiger partial charge in [-0.2, -0.15) is 5.10 Å². The number of phenolic OH excluding ortho intramolecular Hbond substituents is 2. The molecule has 12 nitrogen and oxygen atoms in total. The highest BCUT2D eigenvalue weighted by molar-refractivity contribution is 6.14. The van der Waals surface area contributed by atoms with Crippen molar-refractivity contribution in [3.05, 3.63) is 127 Å². The van der Waals surface area contributed by atoms with Crippen molar-refractivity contribution < 1.29 is 19.7 Å². The lowest BCUT2D eigenvalue weighted by molar-refractivity contribution is 0.0905. The summed E-state index contributed by atoms with van der Waals surface area (Å²) in [6.07, 6.45) is 4.95. The zero-order valence-corrected chi connectivity index (χ0v) is 25.4. The number of H-pyrrole nitrogens is 1. The maximum Gasteiger partial charge on any atom is 0.330 e. The smallest absolute Gasteiger partial charge is 0.330 e. The van der Waals surface area contributed by atoms with Crippen LogP contribution in [-0.4, -0.2) is 45.3 Å². The molecular formula is C35H26N6O6. The molecule has 232 valence electrons. The lowest BCUT2D eigenvalue weighted by Crippen LogP contribution is -2.36. The number of para-hydroxylation sites is 1. The van der Waals surface area contributed by atoms with Crippen LogP contribution < -0.4 is 16.0 Å². The number of nitrogens with one attached hydrogen (secondary N) is 1. The molecule has 0 amide bonds. The van der Waals surface area contributed by atoms with Crippen LogP contribution in [0.4, 0.5) is 0 Å². The molecule has 0 saturated carbocycles. The Labute approximate surface area is 265 Å². The number of allylic oxidation sites excluding steroid dienone is 1. The van der Waals surface area contributed by atoms with E-state index in [0.717, 1.165) is 5.69 Å². The van der Waals surface area contributed by atoms with E-state index in [-0.39, 0.29) is 68.8 Å². The normalized spacial score (nSPS) is 16.4. The van der Waals surface area contributed by atoms with Gasteiger partial charge in [-0.3, -0.25) is 24.1 Å². The van der Waals surface area contributed by atoms with Gasteiger partial charge in [0.15, 0.2) is 11.4 Å². The van der Waals surface area contributed by atoms with E-state index in [1.54, 1.807) is 49.1 Å². The highest BCUT2D eigenvalue weighted by Gasteiger charge is 2.55. The Morgan fingerprint density at radius 3 is 2.49 bits per heavy atom.